The maximum atomic E-state index is 11.8. The first-order chi connectivity index (χ1) is 9.95. The van der Waals surface area contributed by atoms with Crippen molar-refractivity contribution in [1.82, 2.24) is 10.3 Å². The molecule has 2 amide bonds. The van der Waals surface area contributed by atoms with Crippen molar-refractivity contribution in [3.63, 3.8) is 0 Å². The second-order valence-corrected chi connectivity index (χ2v) is 7.02. The largest absolute Gasteiger partial charge is 0.342 e. The molecule has 0 spiro atoms. The van der Waals surface area contributed by atoms with E-state index in [9.17, 15) is 9.59 Å². The van der Waals surface area contributed by atoms with E-state index in [0.29, 0.717) is 15.9 Å². The van der Waals surface area contributed by atoms with Crippen molar-refractivity contribution in [3.05, 3.63) is 33.0 Å². The molecule has 21 heavy (non-hydrogen) atoms. The van der Waals surface area contributed by atoms with Gasteiger partial charge in [0.1, 0.15) is 0 Å². The molecule has 0 saturated heterocycles. The summed E-state index contributed by atoms with van der Waals surface area (Å²) in [5, 5.41) is 7.77. The zero-order chi connectivity index (χ0) is 15.4. The molecule has 0 aromatic carbocycles. The van der Waals surface area contributed by atoms with E-state index >= 15 is 0 Å². The quantitative estimate of drug-likeness (QED) is 0.888. The van der Waals surface area contributed by atoms with Gasteiger partial charge in [-0.05, 0) is 25.0 Å². The third kappa shape index (κ3) is 4.37. The highest BCUT2D eigenvalue weighted by Crippen LogP contribution is 2.21. The summed E-state index contributed by atoms with van der Waals surface area (Å²) in [5.41, 5.74) is 0.952. The molecule has 0 bridgehead atoms. The van der Waals surface area contributed by atoms with Gasteiger partial charge in [-0.25, -0.2) is 4.98 Å². The van der Waals surface area contributed by atoms with E-state index in [1.165, 1.54) is 22.7 Å². The van der Waals surface area contributed by atoms with E-state index < -0.39 is 0 Å². The lowest BCUT2D eigenvalue weighted by Gasteiger charge is -2.03. The van der Waals surface area contributed by atoms with Crippen LogP contribution < -0.4 is 10.6 Å². The number of nitrogens with zero attached hydrogens (tertiary/aromatic N) is 1. The SMILES string of the molecule is Cc1ccc(C(=O)NCC(=O)Nc2nc(C(C)C)cs2)s1. The molecule has 0 fully saturated rings. The average Bonchev–Trinajstić information content (AvgIpc) is 3.05. The predicted molar refractivity (Wildman–Crippen MR) is 86.2 cm³/mol. The maximum Gasteiger partial charge on any atom is 0.261 e. The van der Waals surface area contributed by atoms with Gasteiger partial charge in [-0.15, -0.1) is 22.7 Å². The highest BCUT2D eigenvalue weighted by Gasteiger charge is 2.12. The van der Waals surface area contributed by atoms with Crippen LogP contribution in [-0.4, -0.2) is 23.3 Å². The Balaban J connectivity index is 1.83. The summed E-state index contributed by atoms with van der Waals surface area (Å²) >= 11 is 2.79. The highest BCUT2D eigenvalue weighted by molar-refractivity contribution is 7.14. The van der Waals surface area contributed by atoms with Crippen molar-refractivity contribution < 1.29 is 9.59 Å². The monoisotopic (exact) mass is 323 g/mol. The number of carbonyl (C=O) groups excluding carboxylic acids is 2. The van der Waals surface area contributed by atoms with Crippen LogP contribution in [0.5, 0.6) is 0 Å². The van der Waals surface area contributed by atoms with Gasteiger partial charge in [0.05, 0.1) is 17.1 Å². The van der Waals surface area contributed by atoms with Crippen LogP contribution >= 0.6 is 22.7 Å². The molecule has 2 rings (SSSR count). The molecule has 2 aromatic heterocycles. The summed E-state index contributed by atoms with van der Waals surface area (Å²) in [7, 11) is 0. The lowest BCUT2D eigenvalue weighted by molar-refractivity contribution is -0.115. The minimum absolute atomic E-state index is 0.0631. The first-order valence-corrected chi connectivity index (χ1v) is 8.25. The Morgan fingerprint density at radius 2 is 2.10 bits per heavy atom. The zero-order valence-electron chi connectivity index (χ0n) is 12.1. The predicted octanol–water partition coefficient (Wildman–Crippen LogP) is 3.00. The van der Waals surface area contributed by atoms with E-state index in [0.717, 1.165) is 10.6 Å². The second-order valence-electron chi connectivity index (χ2n) is 4.87. The van der Waals surface area contributed by atoms with Gasteiger partial charge in [0.2, 0.25) is 5.91 Å². The summed E-state index contributed by atoms with van der Waals surface area (Å²) < 4.78 is 0. The van der Waals surface area contributed by atoms with Crippen LogP contribution in [0.25, 0.3) is 0 Å². The molecule has 112 valence electrons. The number of amides is 2. The van der Waals surface area contributed by atoms with Crippen molar-refractivity contribution in [1.29, 1.82) is 0 Å². The molecule has 0 unspecified atom stereocenters. The van der Waals surface area contributed by atoms with E-state index in [2.05, 4.69) is 15.6 Å². The van der Waals surface area contributed by atoms with Gasteiger partial charge in [0.15, 0.2) is 5.13 Å². The lowest BCUT2D eigenvalue weighted by Crippen LogP contribution is -2.32. The molecular formula is C14H17N3O2S2. The van der Waals surface area contributed by atoms with Crippen molar-refractivity contribution in [2.75, 3.05) is 11.9 Å². The van der Waals surface area contributed by atoms with Gasteiger partial charge < -0.3 is 10.6 Å². The zero-order valence-corrected chi connectivity index (χ0v) is 13.7. The third-order valence-corrected chi connectivity index (χ3v) is 4.51. The van der Waals surface area contributed by atoms with E-state index in [4.69, 9.17) is 0 Å². The molecule has 7 heteroatoms. The van der Waals surface area contributed by atoms with Gasteiger partial charge in [-0.2, -0.15) is 0 Å². The fourth-order valence-electron chi connectivity index (χ4n) is 1.58. The number of aromatic nitrogens is 1. The number of hydrogen-bond donors (Lipinski definition) is 2. The Bertz CT molecular complexity index is 646. The van der Waals surface area contributed by atoms with Gasteiger partial charge in [-0.3, -0.25) is 9.59 Å². The number of aryl methyl sites for hydroxylation is 1. The molecule has 0 aliphatic carbocycles. The van der Waals surface area contributed by atoms with E-state index in [1.807, 2.05) is 32.2 Å². The molecule has 0 atom stereocenters. The minimum atomic E-state index is -0.277. The fraction of sp³-hybridized carbons (Fsp3) is 0.357. The van der Waals surface area contributed by atoms with Crippen molar-refractivity contribution in [3.8, 4) is 0 Å². The first kappa shape index (κ1) is 15.7. The summed E-state index contributed by atoms with van der Waals surface area (Å²) in [6.45, 7) is 5.96. The lowest BCUT2D eigenvalue weighted by atomic mass is 10.2. The Kier molecular flexibility index (Phi) is 5.08. The normalized spacial score (nSPS) is 10.7. The molecule has 2 heterocycles. The van der Waals surface area contributed by atoms with Crippen LogP contribution in [0.3, 0.4) is 0 Å². The van der Waals surface area contributed by atoms with E-state index in [-0.39, 0.29) is 18.4 Å². The van der Waals surface area contributed by atoms with Crippen molar-refractivity contribution >= 4 is 39.6 Å². The van der Waals surface area contributed by atoms with Gasteiger partial charge >= 0.3 is 0 Å². The topological polar surface area (TPSA) is 71.1 Å². The van der Waals surface area contributed by atoms with Gasteiger partial charge in [0.25, 0.3) is 5.91 Å². The Morgan fingerprint density at radius 3 is 2.67 bits per heavy atom. The van der Waals surface area contributed by atoms with E-state index in [1.54, 1.807) is 6.07 Å². The average molecular weight is 323 g/mol. The first-order valence-electron chi connectivity index (χ1n) is 6.55. The molecule has 0 radical (unpaired) electrons. The summed E-state index contributed by atoms with van der Waals surface area (Å²) in [4.78, 5) is 29.6. The second kappa shape index (κ2) is 6.82. The number of anilines is 1. The Hall–Kier alpha value is -1.73. The third-order valence-electron chi connectivity index (χ3n) is 2.73. The van der Waals surface area contributed by atoms with Crippen LogP contribution in [0.4, 0.5) is 5.13 Å². The smallest absolute Gasteiger partial charge is 0.261 e. The van der Waals surface area contributed by atoms with Crippen molar-refractivity contribution in [2.24, 2.45) is 0 Å². The molecule has 2 aromatic rings. The van der Waals surface area contributed by atoms with Gasteiger partial charge in [0, 0.05) is 10.3 Å². The summed E-state index contributed by atoms with van der Waals surface area (Å²) in [6, 6.07) is 3.63. The Labute approximate surface area is 131 Å². The van der Waals surface area contributed by atoms with Crippen LogP contribution in [0.2, 0.25) is 0 Å². The van der Waals surface area contributed by atoms with Crippen LogP contribution in [0.15, 0.2) is 17.5 Å². The maximum absolute atomic E-state index is 11.8. The highest BCUT2D eigenvalue weighted by atomic mass is 32.1. The molecule has 0 aliphatic heterocycles. The standard InChI is InChI=1S/C14H17N3O2S2/c1-8(2)10-7-20-14(16-10)17-12(18)6-15-13(19)11-5-4-9(3)21-11/h4-5,7-8H,6H2,1-3H3,(H,15,19)(H,16,17,18). The number of thiophene rings is 1. The molecular weight excluding hydrogens is 306 g/mol. The molecule has 0 saturated carbocycles. The van der Waals surface area contributed by atoms with Gasteiger partial charge in [-0.1, -0.05) is 13.8 Å². The molecule has 5 nitrogen and oxygen atoms in total. The minimum Gasteiger partial charge on any atom is -0.342 e. The Morgan fingerprint density at radius 1 is 1.33 bits per heavy atom. The van der Waals surface area contributed by atoms with Crippen LogP contribution in [0.1, 0.15) is 40.0 Å². The van der Waals surface area contributed by atoms with Crippen LogP contribution in [-0.2, 0) is 4.79 Å². The summed E-state index contributed by atoms with van der Waals surface area (Å²) in [5.74, 6) is -0.180. The number of rotatable bonds is 5. The molecule has 0 aliphatic rings. The number of hydrogen-bond acceptors (Lipinski definition) is 5. The summed E-state index contributed by atoms with van der Waals surface area (Å²) in [6.07, 6.45) is 0. The van der Waals surface area contributed by atoms with Crippen LogP contribution in [0, 0.1) is 6.92 Å². The van der Waals surface area contributed by atoms with Crippen molar-refractivity contribution in [2.45, 2.75) is 26.7 Å². The number of thiazole rings is 1. The number of carbonyl (C=O) groups is 2. The fourth-order valence-corrected chi connectivity index (χ4v) is 3.25. The number of nitrogens with one attached hydrogen (secondary N) is 2. The molecule has 2 N–H and O–H groups in total.